The number of rotatable bonds is 4. The second-order valence-electron chi connectivity index (χ2n) is 4.30. The van der Waals surface area contributed by atoms with Gasteiger partial charge >= 0.3 is 5.97 Å². The van der Waals surface area contributed by atoms with Crippen LogP contribution in [0, 0.1) is 13.8 Å². The monoisotopic (exact) mass is 356 g/mol. The lowest BCUT2D eigenvalue weighted by Crippen LogP contribution is -2.23. The van der Waals surface area contributed by atoms with Gasteiger partial charge in [0.05, 0.1) is 12.1 Å². The number of aromatic amines is 1. The number of hydrogen-bond donors (Lipinski definition) is 3. The van der Waals surface area contributed by atoms with Crippen LogP contribution in [0.15, 0.2) is 15.9 Å². The van der Waals surface area contributed by atoms with E-state index in [9.17, 15) is 9.59 Å². The Bertz CT molecular complexity index is 675. The molecular formula is C13H13BrN2O3S. The number of thiophene rings is 1. The molecule has 0 aromatic carbocycles. The van der Waals surface area contributed by atoms with Gasteiger partial charge in [0.15, 0.2) is 0 Å². The van der Waals surface area contributed by atoms with Crippen LogP contribution in [0.3, 0.4) is 0 Å². The fourth-order valence-electron chi connectivity index (χ4n) is 2.00. The molecule has 0 unspecified atom stereocenters. The molecule has 0 saturated carbocycles. The number of aryl methyl sites for hydroxylation is 1. The first kappa shape index (κ1) is 14.8. The summed E-state index contributed by atoms with van der Waals surface area (Å²) in [5.41, 5.74) is 1.47. The molecule has 0 spiro atoms. The fourth-order valence-corrected chi connectivity index (χ4v) is 3.44. The minimum Gasteiger partial charge on any atom is -0.477 e. The number of hydrogen-bond acceptors (Lipinski definition) is 3. The van der Waals surface area contributed by atoms with Crippen LogP contribution < -0.4 is 5.32 Å². The van der Waals surface area contributed by atoms with E-state index >= 15 is 0 Å². The topological polar surface area (TPSA) is 82.2 Å². The van der Waals surface area contributed by atoms with E-state index in [4.69, 9.17) is 5.11 Å². The zero-order chi connectivity index (χ0) is 14.9. The Morgan fingerprint density at radius 2 is 2.15 bits per heavy atom. The molecule has 0 aliphatic rings. The van der Waals surface area contributed by atoms with Gasteiger partial charge in [-0.3, -0.25) is 4.79 Å². The van der Waals surface area contributed by atoms with Gasteiger partial charge in [-0.25, -0.2) is 4.79 Å². The van der Waals surface area contributed by atoms with Crippen molar-refractivity contribution < 1.29 is 14.7 Å². The van der Waals surface area contributed by atoms with Crippen LogP contribution >= 0.6 is 27.3 Å². The molecule has 5 nitrogen and oxygen atoms in total. The van der Waals surface area contributed by atoms with Gasteiger partial charge < -0.3 is 15.4 Å². The van der Waals surface area contributed by atoms with Gasteiger partial charge in [0.2, 0.25) is 0 Å². The number of carboxylic acid groups (broad SMARTS) is 1. The number of carboxylic acids is 1. The molecule has 7 heteroatoms. The van der Waals surface area contributed by atoms with Gasteiger partial charge in [0, 0.05) is 15.0 Å². The Morgan fingerprint density at radius 3 is 2.65 bits per heavy atom. The standard InChI is InChI=1S/C13H13BrN2O3S/c1-6-10(7(2)16-11(6)13(18)19)12(17)15-5-9-8(14)3-4-20-9/h3-4,16H,5H2,1-2H3,(H,15,17)(H,18,19). The second kappa shape index (κ2) is 5.80. The molecule has 0 fully saturated rings. The van der Waals surface area contributed by atoms with Crippen LogP contribution in [0.1, 0.15) is 37.0 Å². The minimum absolute atomic E-state index is 0.0601. The van der Waals surface area contributed by atoms with E-state index in [2.05, 4.69) is 26.2 Å². The molecule has 0 atom stereocenters. The molecule has 2 aromatic heterocycles. The van der Waals surface area contributed by atoms with Crippen molar-refractivity contribution in [3.8, 4) is 0 Å². The Balaban J connectivity index is 2.18. The smallest absolute Gasteiger partial charge is 0.352 e. The number of carbonyl (C=O) groups excluding carboxylic acids is 1. The molecular weight excluding hydrogens is 344 g/mol. The number of nitrogens with one attached hydrogen (secondary N) is 2. The van der Waals surface area contributed by atoms with E-state index in [-0.39, 0.29) is 11.6 Å². The molecule has 0 aliphatic carbocycles. The summed E-state index contributed by atoms with van der Waals surface area (Å²) in [5.74, 6) is -1.34. The van der Waals surface area contributed by atoms with Crippen LogP contribution in [-0.2, 0) is 6.54 Å². The molecule has 0 bridgehead atoms. The zero-order valence-electron chi connectivity index (χ0n) is 10.9. The lowest BCUT2D eigenvalue weighted by atomic mass is 10.1. The largest absolute Gasteiger partial charge is 0.477 e. The predicted octanol–water partition coefficient (Wildman–Crippen LogP) is 3.08. The van der Waals surface area contributed by atoms with Gasteiger partial charge in [-0.05, 0) is 46.8 Å². The highest BCUT2D eigenvalue weighted by atomic mass is 79.9. The highest BCUT2D eigenvalue weighted by Gasteiger charge is 2.21. The molecule has 1 amide bonds. The quantitative estimate of drug-likeness (QED) is 0.787. The van der Waals surface area contributed by atoms with Crippen molar-refractivity contribution in [2.45, 2.75) is 20.4 Å². The van der Waals surface area contributed by atoms with E-state index in [1.165, 1.54) is 0 Å². The molecule has 3 N–H and O–H groups in total. The predicted molar refractivity (Wildman–Crippen MR) is 80.4 cm³/mol. The van der Waals surface area contributed by atoms with Crippen LogP contribution in [0.5, 0.6) is 0 Å². The van der Waals surface area contributed by atoms with Crippen LogP contribution in [-0.4, -0.2) is 22.0 Å². The average molecular weight is 357 g/mol. The maximum Gasteiger partial charge on any atom is 0.352 e. The third-order valence-corrected chi connectivity index (χ3v) is 4.91. The third kappa shape index (κ3) is 2.78. The third-order valence-electron chi connectivity index (χ3n) is 2.98. The Hall–Kier alpha value is -1.60. The zero-order valence-corrected chi connectivity index (χ0v) is 13.3. The minimum atomic E-state index is -1.06. The van der Waals surface area contributed by atoms with E-state index in [0.29, 0.717) is 23.4 Å². The second-order valence-corrected chi connectivity index (χ2v) is 6.16. The van der Waals surface area contributed by atoms with Gasteiger partial charge in [-0.15, -0.1) is 11.3 Å². The lowest BCUT2D eigenvalue weighted by Gasteiger charge is -2.05. The van der Waals surface area contributed by atoms with Crippen molar-refractivity contribution in [1.29, 1.82) is 0 Å². The van der Waals surface area contributed by atoms with Crippen molar-refractivity contribution in [2.24, 2.45) is 0 Å². The number of amides is 1. The number of carbonyl (C=O) groups is 2. The summed E-state index contributed by atoms with van der Waals surface area (Å²) in [5, 5.41) is 13.8. The SMILES string of the molecule is Cc1[nH]c(C(=O)O)c(C)c1C(=O)NCc1sccc1Br. The van der Waals surface area contributed by atoms with Gasteiger partial charge in [0.25, 0.3) is 5.91 Å². The molecule has 0 radical (unpaired) electrons. The number of aromatic carboxylic acids is 1. The van der Waals surface area contributed by atoms with Crippen LogP contribution in [0.2, 0.25) is 0 Å². The molecule has 2 aromatic rings. The summed E-state index contributed by atoms with van der Waals surface area (Å²) in [6.45, 7) is 3.72. The van der Waals surface area contributed by atoms with E-state index < -0.39 is 5.97 Å². The molecule has 106 valence electrons. The Morgan fingerprint density at radius 1 is 1.45 bits per heavy atom. The molecule has 20 heavy (non-hydrogen) atoms. The number of aromatic nitrogens is 1. The summed E-state index contributed by atoms with van der Waals surface area (Å²) in [6, 6.07) is 1.92. The summed E-state index contributed by atoms with van der Waals surface area (Å²) in [6.07, 6.45) is 0. The molecule has 0 aliphatic heterocycles. The first-order valence-electron chi connectivity index (χ1n) is 5.84. The summed E-state index contributed by atoms with van der Waals surface area (Å²) < 4.78 is 0.955. The Kier molecular flexibility index (Phi) is 4.29. The van der Waals surface area contributed by atoms with Crippen LogP contribution in [0.4, 0.5) is 0 Å². The first-order valence-corrected chi connectivity index (χ1v) is 7.51. The lowest BCUT2D eigenvalue weighted by molar-refractivity contribution is 0.0690. The fraction of sp³-hybridized carbons (Fsp3) is 0.231. The summed E-state index contributed by atoms with van der Waals surface area (Å²) in [7, 11) is 0. The average Bonchev–Trinajstić information content (AvgIpc) is 2.90. The molecule has 2 rings (SSSR count). The van der Waals surface area contributed by atoms with E-state index in [1.54, 1.807) is 25.2 Å². The summed E-state index contributed by atoms with van der Waals surface area (Å²) in [4.78, 5) is 27.0. The van der Waals surface area contributed by atoms with Crippen molar-refractivity contribution in [3.05, 3.63) is 43.3 Å². The highest BCUT2D eigenvalue weighted by molar-refractivity contribution is 9.10. The summed E-state index contributed by atoms with van der Waals surface area (Å²) >= 11 is 4.94. The highest BCUT2D eigenvalue weighted by Crippen LogP contribution is 2.23. The van der Waals surface area contributed by atoms with Gasteiger partial charge in [-0.1, -0.05) is 0 Å². The van der Waals surface area contributed by atoms with Gasteiger partial charge in [0.1, 0.15) is 5.69 Å². The number of H-pyrrole nitrogens is 1. The first-order chi connectivity index (χ1) is 9.41. The molecule has 2 heterocycles. The maximum atomic E-state index is 12.2. The molecule has 0 saturated heterocycles. The normalized spacial score (nSPS) is 10.6. The van der Waals surface area contributed by atoms with Gasteiger partial charge in [-0.2, -0.15) is 0 Å². The van der Waals surface area contributed by atoms with Crippen molar-refractivity contribution >= 4 is 39.1 Å². The van der Waals surface area contributed by atoms with Crippen molar-refractivity contribution in [2.75, 3.05) is 0 Å². The number of halogens is 1. The van der Waals surface area contributed by atoms with Crippen molar-refractivity contribution in [3.63, 3.8) is 0 Å². The van der Waals surface area contributed by atoms with E-state index in [0.717, 1.165) is 9.35 Å². The Labute approximate surface area is 128 Å². The van der Waals surface area contributed by atoms with Crippen LogP contribution in [0.25, 0.3) is 0 Å². The maximum absolute atomic E-state index is 12.2. The van der Waals surface area contributed by atoms with Crippen molar-refractivity contribution in [1.82, 2.24) is 10.3 Å². The van der Waals surface area contributed by atoms with E-state index in [1.807, 2.05) is 11.4 Å².